The van der Waals surface area contributed by atoms with E-state index in [0.29, 0.717) is 21.5 Å². The summed E-state index contributed by atoms with van der Waals surface area (Å²) in [6, 6.07) is 12.1. The van der Waals surface area contributed by atoms with E-state index >= 15 is 0 Å². The zero-order valence-corrected chi connectivity index (χ0v) is 14.6. The second kappa shape index (κ2) is 8.57. The van der Waals surface area contributed by atoms with Crippen molar-refractivity contribution in [3.63, 3.8) is 0 Å². The molecule has 1 unspecified atom stereocenters. The molecule has 0 aliphatic heterocycles. The molecule has 1 atom stereocenters. The molecule has 0 saturated heterocycles. The second-order valence-electron chi connectivity index (χ2n) is 4.85. The lowest BCUT2D eigenvalue weighted by Gasteiger charge is -2.14. The van der Waals surface area contributed by atoms with Gasteiger partial charge in [-0.3, -0.25) is 4.79 Å². The SMILES string of the molecule is COc1cccc(C=NNC(=O)C(C)Oc2ccc(Cl)cc2Cl)c1. The number of nitrogens with zero attached hydrogens (tertiary/aromatic N) is 1. The van der Waals surface area contributed by atoms with Crippen molar-refractivity contribution in [2.75, 3.05) is 7.11 Å². The molecule has 5 nitrogen and oxygen atoms in total. The summed E-state index contributed by atoms with van der Waals surface area (Å²) in [4.78, 5) is 12.0. The van der Waals surface area contributed by atoms with E-state index in [0.717, 1.165) is 5.56 Å². The third kappa shape index (κ3) is 5.15. The third-order valence-corrected chi connectivity index (χ3v) is 3.58. The number of hydrogen-bond donors (Lipinski definition) is 1. The van der Waals surface area contributed by atoms with E-state index in [1.165, 1.54) is 6.21 Å². The molecule has 0 aromatic heterocycles. The van der Waals surface area contributed by atoms with Crippen molar-refractivity contribution in [2.45, 2.75) is 13.0 Å². The number of methoxy groups -OCH3 is 1. The molecule has 0 radical (unpaired) electrons. The Kier molecular flexibility index (Phi) is 6.46. The standard InChI is InChI=1S/C17H16Cl2N2O3/c1-11(24-16-7-6-13(18)9-15(16)19)17(22)21-20-10-12-4-3-5-14(8-12)23-2/h3-11H,1-2H3,(H,21,22). The van der Waals surface area contributed by atoms with E-state index in [2.05, 4.69) is 10.5 Å². The lowest BCUT2D eigenvalue weighted by molar-refractivity contribution is -0.127. The quantitative estimate of drug-likeness (QED) is 0.622. The highest BCUT2D eigenvalue weighted by atomic mass is 35.5. The number of hydrazone groups is 1. The molecule has 7 heteroatoms. The van der Waals surface area contributed by atoms with Crippen LogP contribution >= 0.6 is 23.2 Å². The summed E-state index contributed by atoms with van der Waals surface area (Å²) >= 11 is 11.8. The highest BCUT2D eigenvalue weighted by molar-refractivity contribution is 6.35. The van der Waals surface area contributed by atoms with Gasteiger partial charge in [0.05, 0.1) is 18.3 Å². The maximum absolute atomic E-state index is 12.0. The van der Waals surface area contributed by atoms with Gasteiger partial charge in [-0.25, -0.2) is 5.43 Å². The molecule has 0 aliphatic rings. The van der Waals surface area contributed by atoms with Gasteiger partial charge >= 0.3 is 0 Å². The van der Waals surface area contributed by atoms with Crippen LogP contribution in [0.3, 0.4) is 0 Å². The Hall–Kier alpha value is -2.24. The zero-order chi connectivity index (χ0) is 17.5. The van der Waals surface area contributed by atoms with Gasteiger partial charge < -0.3 is 9.47 Å². The van der Waals surface area contributed by atoms with Crippen LogP contribution in [-0.2, 0) is 4.79 Å². The molecule has 2 rings (SSSR count). The molecular weight excluding hydrogens is 351 g/mol. The molecule has 1 amide bonds. The van der Waals surface area contributed by atoms with Crippen LogP contribution in [0.15, 0.2) is 47.6 Å². The van der Waals surface area contributed by atoms with Crippen LogP contribution in [0.1, 0.15) is 12.5 Å². The lowest BCUT2D eigenvalue weighted by Crippen LogP contribution is -2.33. The van der Waals surface area contributed by atoms with Crippen molar-refractivity contribution in [1.82, 2.24) is 5.43 Å². The summed E-state index contributed by atoms with van der Waals surface area (Å²) in [7, 11) is 1.58. The van der Waals surface area contributed by atoms with Crippen molar-refractivity contribution >= 4 is 35.3 Å². The molecule has 0 bridgehead atoms. The summed E-state index contributed by atoms with van der Waals surface area (Å²) in [6.07, 6.45) is 0.744. The Labute approximate surface area is 150 Å². The summed E-state index contributed by atoms with van der Waals surface area (Å²) in [5, 5.41) is 4.73. The number of rotatable bonds is 6. The minimum absolute atomic E-state index is 0.335. The molecule has 0 aliphatic carbocycles. The van der Waals surface area contributed by atoms with E-state index in [9.17, 15) is 4.79 Å². The molecule has 0 heterocycles. The predicted octanol–water partition coefficient (Wildman–Crippen LogP) is 3.92. The van der Waals surface area contributed by atoms with Gasteiger partial charge in [0, 0.05) is 5.02 Å². The van der Waals surface area contributed by atoms with Gasteiger partial charge in [0.15, 0.2) is 6.10 Å². The number of carbonyl (C=O) groups is 1. The minimum Gasteiger partial charge on any atom is -0.497 e. The number of nitrogens with one attached hydrogen (secondary N) is 1. The van der Waals surface area contributed by atoms with E-state index in [1.807, 2.05) is 18.2 Å². The zero-order valence-electron chi connectivity index (χ0n) is 13.1. The molecule has 1 N–H and O–H groups in total. The highest BCUT2D eigenvalue weighted by Crippen LogP contribution is 2.28. The lowest BCUT2D eigenvalue weighted by atomic mass is 10.2. The molecule has 0 fully saturated rings. The van der Waals surface area contributed by atoms with Crippen molar-refractivity contribution in [3.05, 3.63) is 58.1 Å². The van der Waals surface area contributed by atoms with Gasteiger partial charge in [-0.2, -0.15) is 5.10 Å². The summed E-state index contributed by atoms with van der Waals surface area (Å²) in [5.41, 5.74) is 3.21. The second-order valence-corrected chi connectivity index (χ2v) is 5.69. The monoisotopic (exact) mass is 366 g/mol. The minimum atomic E-state index is -0.772. The van der Waals surface area contributed by atoms with Gasteiger partial charge in [-0.05, 0) is 42.8 Å². The fourth-order valence-corrected chi connectivity index (χ4v) is 2.25. The van der Waals surface area contributed by atoms with Gasteiger partial charge in [0.25, 0.3) is 5.91 Å². The maximum atomic E-state index is 12.0. The van der Waals surface area contributed by atoms with Crippen molar-refractivity contribution in [1.29, 1.82) is 0 Å². The average molecular weight is 367 g/mol. The first-order valence-corrected chi connectivity index (χ1v) is 7.84. The molecule has 24 heavy (non-hydrogen) atoms. The average Bonchev–Trinajstić information content (AvgIpc) is 2.57. The van der Waals surface area contributed by atoms with Gasteiger partial charge in [-0.1, -0.05) is 35.3 Å². The van der Waals surface area contributed by atoms with Crippen LogP contribution in [-0.4, -0.2) is 25.3 Å². The maximum Gasteiger partial charge on any atom is 0.280 e. The highest BCUT2D eigenvalue weighted by Gasteiger charge is 2.15. The Morgan fingerprint density at radius 2 is 2.04 bits per heavy atom. The molecular formula is C17H16Cl2N2O3. The van der Waals surface area contributed by atoms with Crippen LogP contribution in [0.2, 0.25) is 10.0 Å². The fourth-order valence-electron chi connectivity index (χ4n) is 1.80. The largest absolute Gasteiger partial charge is 0.497 e. The smallest absolute Gasteiger partial charge is 0.280 e. The number of amides is 1. The Morgan fingerprint density at radius 1 is 1.25 bits per heavy atom. The van der Waals surface area contributed by atoms with Crippen LogP contribution in [0.4, 0.5) is 0 Å². The Morgan fingerprint density at radius 3 is 2.75 bits per heavy atom. The van der Waals surface area contributed by atoms with E-state index in [-0.39, 0.29) is 0 Å². The van der Waals surface area contributed by atoms with E-state index < -0.39 is 12.0 Å². The first kappa shape index (κ1) is 18.1. The van der Waals surface area contributed by atoms with Crippen LogP contribution in [0.5, 0.6) is 11.5 Å². The summed E-state index contributed by atoms with van der Waals surface area (Å²) < 4.78 is 10.6. The number of carbonyl (C=O) groups excluding carboxylic acids is 1. The molecule has 0 saturated carbocycles. The van der Waals surface area contributed by atoms with Gasteiger partial charge in [0.1, 0.15) is 11.5 Å². The first-order valence-electron chi connectivity index (χ1n) is 7.08. The molecule has 2 aromatic carbocycles. The van der Waals surface area contributed by atoms with E-state index in [4.69, 9.17) is 32.7 Å². The molecule has 0 spiro atoms. The van der Waals surface area contributed by atoms with Crippen molar-refractivity contribution in [2.24, 2.45) is 5.10 Å². The van der Waals surface area contributed by atoms with Crippen LogP contribution in [0, 0.1) is 0 Å². The van der Waals surface area contributed by atoms with E-state index in [1.54, 1.807) is 38.3 Å². The predicted molar refractivity (Wildman–Crippen MR) is 95.3 cm³/mol. The summed E-state index contributed by atoms with van der Waals surface area (Å²) in [6.45, 7) is 1.60. The van der Waals surface area contributed by atoms with Crippen molar-refractivity contribution in [3.8, 4) is 11.5 Å². The van der Waals surface area contributed by atoms with Gasteiger partial charge in [0.2, 0.25) is 0 Å². The fraction of sp³-hybridized carbons (Fsp3) is 0.176. The third-order valence-electron chi connectivity index (χ3n) is 3.05. The van der Waals surface area contributed by atoms with Crippen LogP contribution in [0.25, 0.3) is 0 Å². The molecule has 2 aromatic rings. The first-order chi connectivity index (χ1) is 11.5. The van der Waals surface area contributed by atoms with Crippen LogP contribution < -0.4 is 14.9 Å². The number of ether oxygens (including phenoxy) is 2. The number of benzene rings is 2. The summed E-state index contributed by atoms with van der Waals surface area (Å²) in [5.74, 6) is 0.681. The Balaban J connectivity index is 1.92. The van der Waals surface area contributed by atoms with Crippen molar-refractivity contribution < 1.29 is 14.3 Å². The molecule has 126 valence electrons. The van der Waals surface area contributed by atoms with Gasteiger partial charge in [-0.15, -0.1) is 0 Å². The topological polar surface area (TPSA) is 59.9 Å². The normalized spacial score (nSPS) is 12.0. The Bertz CT molecular complexity index is 750. The number of halogens is 2. The number of hydrogen-bond acceptors (Lipinski definition) is 4.